The molecule has 1 aromatic heterocycles. The molecule has 12 heteroatoms. The lowest BCUT2D eigenvalue weighted by atomic mass is 9.91. The van der Waals surface area contributed by atoms with Crippen molar-refractivity contribution in [3.63, 3.8) is 0 Å². The number of nitrogens with zero attached hydrogens (tertiary/aromatic N) is 3. The molecule has 1 aliphatic heterocycles. The van der Waals surface area contributed by atoms with Crippen molar-refractivity contribution < 1.29 is 32.5 Å². The summed E-state index contributed by atoms with van der Waals surface area (Å²) in [5.74, 6) is -1.15. The lowest BCUT2D eigenvalue weighted by Gasteiger charge is -2.53. The molecule has 0 spiro atoms. The van der Waals surface area contributed by atoms with Crippen molar-refractivity contribution in [2.24, 2.45) is 10.9 Å². The first-order valence-electron chi connectivity index (χ1n) is 12.3. The highest BCUT2D eigenvalue weighted by Crippen LogP contribution is 2.59. The van der Waals surface area contributed by atoms with Crippen LogP contribution in [0.25, 0.3) is 11.9 Å². The van der Waals surface area contributed by atoms with Crippen LogP contribution in [-0.2, 0) is 5.54 Å². The molecular formula is C26H32F2N4O5S. The van der Waals surface area contributed by atoms with E-state index in [0.717, 1.165) is 25.0 Å². The van der Waals surface area contributed by atoms with E-state index in [2.05, 4.69) is 20.3 Å². The van der Waals surface area contributed by atoms with Crippen molar-refractivity contribution in [2.45, 2.75) is 56.7 Å². The fraction of sp³-hybridized carbons (Fsp3) is 0.462. The Morgan fingerprint density at radius 1 is 1.21 bits per heavy atom. The molecule has 0 saturated heterocycles. The van der Waals surface area contributed by atoms with Crippen molar-refractivity contribution in [3.05, 3.63) is 53.2 Å². The maximum Gasteiger partial charge on any atom is 0.410 e. The van der Waals surface area contributed by atoms with Crippen LogP contribution in [0, 0.1) is 11.7 Å². The van der Waals surface area contributed by atoms with E-state index in [0.29, 0.717) is 18.4 Å². The Hall–Kier alpha value is -3.09. The van der Waals surface area contributed by atoms with Gasteiger partial charge in [-0.1, -0.05) is 18.9 Å². The second-order valence-electron chi connectivity index (χ2n) is 10.4. The number of amidine groups is 1. The summed E-state index contributed by atoms with van der Waals surface area (Å²) in [7, 11) is -3.46. The second kappa shape index (κ2) is 10.6. The Morgan fingerprint density at radius 3 is 2.55 bits per heavy atom. The summed E-state index contributed by atoms with van der Waals surface area (Å²) in [5, 5.41) is 11.3. The zero-order chi connectivity index (χ0) is 27.7. The van der Waals surface area contributed by atoms with Gasteiger partial charge in [-0.05, 0) is 63.3 Å². The molecule has 4 rings (SSSR count). The number of ether oxygens (including phenoxy) is 1. The minimum Gasteiger partial charge on any atom is -0.476 e. The van der Waals surface area contributed by atoms with Gasteiger partial charge in [0.05, 0.1) is 24.8 Å². The van der Waals surface area contributed by atoms with Crippen molar-refractivity contribution in [2.75, 3.05) is 12.4 Å². The zero-order valence-corrected chi connectivity index (χ0v) is 22.3. The van der Waals surface area contributed by atoms with Gasteiger partial charge in [0.25, 0.3) is 0 Å². The standard InChI is InChI=1S/C26H32F2N4O5S/c1-25(2)23(31-24(33)34)32-26(3,15-38(25,35)36)18-10-17(8-9-19(18)27)11-20(28)21-12-30-22(13-29-21)37-14-16-6-4-5-7-16/h8-13,16,35-36H,4-7,14-15H2,1-3H3,(H,31,32)(H,33,34). The Bertz CT molecular complexity index is 1260. The average molecular weight is 551 g/mol. The normalized spacial score (nSPS) is 24.0. The number of nitrogens with one attached hydrogen (secondary N) is 1. The molecule has 1 aromatic carbocycles. The van der Waals surface area contributed by atoms with Gasteiger partial charge in [-0.2, -0.15) is 10.6 Å². The Balaban J connectivity index is 1.59. The molecule has 1 unspecified atom stereocenters. The number of aromatic nitrogens is 2. The number of carbonyl (C=O) groups is 1. The summed E-state index contributed by atoms with van der Waals surface area (Å²) in [6.45, 7) is 4.93. The minimum atomic E-state index is -3.46. The molecule has 206 valence electrons. The smallest absolute Gasteiger partial charge is 0.410 e. The molecule has 1 aliphatic carbocycles. The first kappa shape index (κ1) is 27.9. The Labute approximate surface area is 221 Å². The molecule has 0 radical (unpaired) electrons. The molecule has 1 fully saturated rings. The van der Waals surface area contributed by atoms with E-state index in [1.54, 1.807) is 0 Å². The van der Waals surface area contributed by atoms with E-state index < -0.39 is 38.6 Å². The molecule has 2 aliphatic rings. The highest BCUT2D eigenvalue weighted by atomic mass is 32.3. The molecule has 0 bridgehead atoms. The topological polar surface area (TPSA) is 137 Å². The van der Waals surface area contributed by atoms with Crippen LogP contribution in [-0.4, -0.2) is 53.2 Å². The summed E-state index contributed by atoms with van der Waals surface area (Å²) in [5.41, 5.74) is -1.34. The summed E-state index contributed by atoms with van der Waals surface area (Å²) in [4.78, 5) is 23.9. The summed E-state index contributed by atoms with van der Waals surface area (Å²) >= 11 is 0. The van der Waals surface area contributed by atoms with E-state index in [-0.39, 0.29) is 28.4 Å². The Kier molecular flexibility index (Phi) is 7.78. The van der Waals surface area contributed by atoms with Crippen molar-refractivity contribution in [3.8, 4) is 5.88 Å². The van der Waals surface area contributed by atoms with Crippen LogP contribution in [0.4, 0.5) is 13.6 Å². The van der Waals surface area contributed by atoms with E-state index in [1.165, 1.54) is 58.1 Å². The zero-order valence-electron chi connectivity index (χ0n) is 21.4. The van der Waals surface area contributed by atoms with Crippen LogP contribution in [0.1, 0.15) is 63.3 Å². The SMILES string of the molecule is CC1(c2cc(C=C(F)c3cnc(OCC4CCCC4)cn3)ccc2F)CS(O)(O)C(C)(C)C(NC(=O)O)=N1. The van der Waals surface area contributed by atoms with Crippen molar-refractivity contribution >= 4 is 34.4 Å². The van der Waals surface area contributed by atoms with Crippen LogP contribution in [0.3, 0.4) is 0 Å². The van der Waals surface area contributed by atoms with E-state index >= 15 is 8.78 Å². The van der Waals surface area contributed by atoms with Crippen LogP contribution in [0.2, 0.25) is 0 Å². The number of benzene rings is 1. The monoisotopic (exact) mass is 550 g/mol. The molecule has 1 saturated carbocycles. The van der Waals surface area contributed by atoms with E-state index in [4.69, 9.17) is 4.74 Å². The third kappa shape index (κ3) is 5.82. The number of hydrogen-bond donors (Lipinski definition) is 4. The lowest BCUT2D eigenvalue weighted by Crippen LogP contribution is -2.55. The largest absolute Gasteiger partial charge is 0.476 e. The number of aliphatic imine (C=N–C) groups is 1. The number of hydrogen-bond acceptors (Lipinski definition) is 7. The van der Waals surface area contributed by atoms with Gasteiger partial charge in [-0.25, -0.2) is 23.5 Å². The van der Waals surface area contributed by atoms with Gasteiger partial charge in [0, 0.05) is 5.56 Å². The summed E-state index contributed by atoms with van der Waals surface area (Å²) in [6, 6.07) is 3.83. The van der Waals surface area contributed by atoms with Crippen LogP contribution in [0.5, 0.6) is 5.88 Å². The molecular weight excluding hydrogens is 518 g/mol. The number of amides is 1. The van der Waals surface area contributed by atoms with Crippen molar-refractivity contribution in [1.82, 2.24) is 15.3 Å². The van der Waals surface area contributed by atoms with E-state index in [9.17, 15) is 19.0 Å². The predicted molar refractivity (Wildman–Crippen MR) is 143 cm³/mol. The van der Waals surface area contributed by atoms with Crippen LogP contribution >= 0.6 is 10.6 Å². The predicted octanol–water partition coefficient (Wildman–Crippen LogP) is 6.08. The highest BCUT2D eigenvalue weighted by molar-refractivity contribution is 8.26. The van der Waals surface area contributed by atoms with Gasteiger partial charge in [0.1, 0.15) is 27.6 Å². The van der Waals surface area contributed by atoms with Crippen molar-refractivity contribution in [1.29, 1.82) is 0 Å². The first-order valence-corrected chi connectivity index (χ1v) is 14.0. The molecule has 38 heavy (non-hydrogen) atoms. The second-order valence-corrected chi connectivity index (χ2v) is 13.1. The first-order chi connectivity index (χ1) is 17.8. The quantitative estimate of drug-likeness (QED) is 0.342. The van der Waals surface area contributed by atoms with Gasteiger partial charge in [0.15, 0.2) is 5.83 Å². The summed E-state index contributed by atoms with van der Waals surface area (Å²) in [6.07, 6.45) is 6.98. The molecule has 9 nitrogen and oxygen atoms in total. The average Bonchev–Trinajstić information content (AvgIpc) is 3.36. The molecule has 4 N–H and O–H groups in total. The highest BCUT2D eigenvalue weighted by Gasteiger charge is 2.50. The third-order valence-electron chi connectivity index (χ3n) is 7.13. The van der Waals surface area contributed by atoms with Gasteiger partial charge < -0.3 is 9.84 Å². The van der Waals surface area contributed by atoms with Gasteiger partial charge in [-0.15, -0.1) is 0 Å². The van der Waals surface area contributed by atoms with Crippen LogP contribution in [0.15, 0.2) is 35.6 Å². The minimum absolute atomic E-state index is 0.0325. The van der Waals surface area contributed by atoms with Crippen LogP contribution < -0.4 is 10.1 Å². The molecule has 2 aromatic rings. The molecule has 1 atom stereocenters. The maximum atomic E-state index is 15.0. The number of carboxylic acid groups (broad SMARTS) is 1. The van der Waals surface area contributed by atoms with Gasteiger partial charge in [0.2, 0.25) is 5.88 Å². The molecule has 1 amide bonds. The maximum absolute atomic E-state index is 15.0. The summed E-state index contributed by atoms with van der Waals surface area (Å²) < 4.78 is 56.0. The lowest BCUT2D eigenvalue weighted by molar-refractivity contribution is 0.199. The van der Waals surface area contributed by atoms with Gasteiger partial charge >= 0.3 is 6.09 Å². The Morgan fingerprint density at radius 2 is 1.92 bits per heavy atom. The van der Waals surface area contributed by atoms with E-state index in [1.807, 2.05) is 0 Å². The fourth-order valence-electron chi connectivity index (χ4n) is 4.72. The third-order valence-corrected chi connectivity index (χ3v) is 9.92. The number of rotatable bonds is 6. The van der Waals surface area contributed by atoms with Gasteiger partial charge in [-0.3, -0.25) is 19.4 Å². The molecule has 2 heterocycles. The number of halogens is 2. The fourth-order valence-corrected chi connectivity index (χ4v) is 6.49.